The predicted octanol–water partition coefficient (Wildman–Crippen LogP) is -0.425. The van der Waals surface area contributed by atoms with Crippen LogP contribution in [0, 0.1) is 0 Å². The van der Waals surface area contributed by atoms with E-state index < -0.39 is 0 Å². The lowest BCUT2D eigenvalue weighted by Crippen LogP contribution is -2.38. The maximum absolute atomic E-state index is 11.2. The lowest BCUT2D eigenvalue weighted by Gasteiger charge is -2.12. The van der Waals surface area contributed by atoms with Crippen molar-refractivity contribution >= 4 is 23.2 Å². The molecule has 0 atom stereocenters. The molecular formula is C9H19N3O2S. The zero-order chi connectivity index (χ0) is 11.7. The third kappa shape index (κ3) is 8.14. The largest absolute Gasteiger partial charge is 0.383 e. The molecule has 0 spiro atoms. The number of amides is 1. The summed E-state index contributed by atoms with van der Waals surface area (Å²) in [6, 6.07) is 0. The molecule has 0 unspecified atom stereocenters. The van der Waals surface area contributed by atoms with Crippen LogP contribution in [-0.4, -0.2) is 56.8 Å². The molecule has 0 bridgehead atoms. The fourth-order valence-corrected chi connectivity index (χ4v) is 1.04. The van der Waals surface area contributed by atoms with Crippen LogP contribution < -0.4 is 10.6 Å². The van der Waals surface area contributed by atoms with Crippen molar-refractivity contribution in [3.63, 3.8) is 0 Å². The van der Waals surface area contributed by atoms with E-state index in [0.717, 1.165) is 0 Å². The van der Waals surface area contributed by atoms with Gasteiger partial charge in [-0.2, -0.15) is 0 Å². The second-order valence-corrected chi connectivity index (χ2v) is 3.62. The van der Waals surface area contributed by atoms with Gasteiger partial charge in [-0.1, -0.05) is 0 Å². The van der Waals surface area contributed by atoms with Crippen LogP contribution in [0.15, 0.2) is 0 Å². The summed E-state index contributed by atoms with van der Waals surface area (Å²) in [5.41, 5.74) is 0. The van der Waals surface area contributed by atoms with Gasteiger partial charge in [0, 0.05) is 40.7 Å². The summed E-state index contributed by atoms with van der Waals surface area (Å²) in [5, 5.41) is 6.46. The van der Waals surface area contributed by atoms with E-state index in [1.54, 1.807) is 26.1 Å². The first-order chi connectivity index (χ1) is 7.07. The van der Waals surface area contributed by atoms with Gasteiger partial charge in [-0.15, -0.1) is 0 Å². The van der Waals surface area contributed by atoms with E-state index in [0.29, 0.717) is 31.2 Å². The lowest BCUT2D eigenvalue weighted by molar-refractivity contribution is -0.128. The molecule has 0 saturated carbocycles. The van der Waals surface area contributed by atoms with Gasteiger partial charge in [0.05, 0.1) is 6.61 Å². The number of carbonyl (C=O) groups excluding carboxylic acids is 1. The highest BCUT2D eigenvalue weighted by Gasteiger charge is 2.03. The topological polar surface area (TPSA) is 53.6 Å². The van der Waals surface area contributed by atoms with Gasteiger partial charge in [-0.25, -0.2) is 0 Å². The van der Waals surface area contributed by atoms with E-state index in [-0.39, 0.29) is 5.91 Å². The molecule has 0 aromatic carbocycles. The first-order valence-electron chi connectivity index (χ1n) is 4.78. The van der Waals surface area contributed by atoms with Gasteiger partial charge in [0.15, 0.2) is 5.11 Å². The average molecular weight is 233 g/mol. The molecule has 0 fully saturated rings. The van der Waals surface area contributed by atoms with Crippen LogP contribution in [0.1, 0.15) is 6.42 Å². The molecule has 0 aromatic heterocycles. The van der Waals surface area contributed by atoms with Gasteiger partial charge in [0.25, 0.3) is 0 Å². The molecule has 1 amide bonds. The molecule has 5 nitrogen and oxygen atoms in total. The van der Waals surface area contributed by atoms with Crippen molar-refractivity contribution in [3.05, 3.63) is 0 Å². The molecule has 0 rings (SSSR count). The number of nitrogens with one attached hydrogen (secondary N) is 2. The van der Waals surface area contributed by atoms with Crippen LogP contribution in [0.4, 0.5) is 0 Å². The number of methoxy groups -OCH3 is 1. The molecular weight excluding hydrogens is 214 g/mol. The summed E-state index contributed by atoms with van der Waals surface area (Å²) in [7, 11) is 5.10. The minimum absolute atomic E-state index is 0.0854. The molecule has 0 heterocycles. The van der Waals surface area contributed by atoms with E-state index in [4.69, 9.17) is 17.0 Å². The highest BCUT2D eigenvalue weighted by Crippen LogP contribution is 1.84. The van der Waals surface area contributed by atoms with Gasteiger partial charge >= 0.3 is 0 Å². The minimum atomic E-state index is 0.0854. The molecule has 2 N–H and O–H groups in total. The van der Waals surface area contributed by atoms with Crippen LogP contribution >= 0.6 is 12.2 Å². The zero-order valence-electron chi connectivity index (χ0n) is 9.50. The number of carbonyl (C=O) groups is 1. The third-order valence-electron chi connectivity index (χ3n) is 1.71. The average Bonchev–Trinajstić information content (AvgIpc) is 2.18. The third-order valence-corrected chi connectivity index (χ3v) is 2.00. The van der Waals surface area contributed by atoms with Crippen molar-refractivity contribution in [2.45, 2.75) is 6.42 Å². The van der Waals surface area contributed by atoms with E-state index in [1.807, 2.05) is 0 Å². The van der Waals surface area contributed by atoms with Gasteiger partial charge < -0.3 is 20.3 Å². The van der Waals surface area contributed by atoms with E-state index in [2.05, 4.69) is 10.6 Å². The minimum Gasteiger partial charge on any atom is -0.383 e. The Kier molecular flexibility index (Phi) is 7.94. The van der Waals surface area contributed by atoms with Gasteiger partial charge in [0.1, 0.15) is 0 Å². The van der Waals surface area contributed by atoms with Crippen molar-refractivity contribution in [1.82, 2.24) is 15.5 Å². The summed E-state index contributed by atoms with van der Waals surface area (Å²) in [5.74, 6) is 0.0854. The molecule has 15 heavy (non-hydrogen) atoms. The number of ether oxygens (including phenoxy) is 1. The van der Waals surface area contributed by atoms with Crippen molar-refractivity contribution in [2.75, 3.05) is 40.9 Å². The number of hydrogen-bond donors (Lipinski definition) is 2. The first-order valence-corrected chi connectivity index (χ1v) is 5.19. The summed E-state index contributed by atoms with van der Waals surface area (Å²) < 4.78 is 4.86. The summed E-state index contributed by atoms with van der Waals surface area (Å²) in [4.78, 5) is 12.7. The molecule has 0 aromatic rings. The zero-order valence-corrected chi connectivity index (χ0v) is 10.3. The Bertz CT molecular complexity index is 210. The fraction of sp³-hybridized carbons (Fsp3) is 0.778. The molecule has 6 heteroatoms. The van der Waals surface area contributed by atoms with Crippen molar-refractivity contribution in [2.24, 2.45) is 0 Å². The van der Waals surface area contributed by atoms with E-state index in [9.17, 15) is 4.79 Å². The second-order valence-electron chi connectivity index (χ2n) is 3.21. The molecule has 0 aliphatic rings. The monoisotopic (exact) mass is 233 g/mol. The Morgan fingerprint density at radius 1 is 1.33 bits per heavy atom. The van der Waals surface area contributed by atoms with E-state index in [1.165, 1.54) is 0 Å². The van der Waals surface area contributed by atoms with Crippen molar-refractivity contribution < 1.29 is 9.53 Å². The number of thiocarbonyl (C=S) groups is 1. The van der Waals surface area contributed by atoms with Crippen molar-refractivity contribution in [3.8, 4) is 0 Å². The SMILES string of the molecule is COCCNC(=S)NCCC(=O)N(C)C. The highest BCUT2D eigenvalue weighted by molar-refractivity contribution is 7.80. The summed E-state index contributed by atoms with van der Waals surface area (Å²) in [6.07, 6.45) is 0.444. The molecule has 0 saturated heterocycles. The molecule has 88 valence electrons. The summed E-state index contributed by atoms with van der Waals surface area (Å²) in [6.45, 7) is 1.83. The normalized spacial score (nSPS) is 9.53. The van der Waals surface area contributed by atoms with Gasteiger partial charge in [0.2, 0.25) is 5.91 Å². The van der Waals surface area contributed by atoms with Crippen LogP contribution in [-0.2, 0) is 9.53 Å². The Morgan fingerprint density at radius 3 is 2.47 bits per heavy atom. The van der Waals surface area contributed by atoms with Crippen LogP contribution in [0.3, 0.4) is 0 Å². The molecule has 0 radical (unpaired) electrons. The van der Waals surface area contributed by atoms with Crippen LogP contribution in [0.5, 0.6) is 0 Å². The first kappa shape index (κ1) is 14.1. The number of nitrogens with zero attached hydrogens (tertiary/aromatic N) is 1. The molecule has 0 aliphatic carbocycles. The second kappa shape index (κ2) is 8.43. The van der Waals surface area contributed by atoms with Crippen LogP contribution in [0.2, 0.25) is 0 Å². The van der Waals surface area contributed by atoms with Crippen LogP contribution in [0.25, 0.3) is 0 Å². The summed E-state index contributed by atoms with van der Waals surface area (Å²) >= 11 is 4.98. The Morgan fingerprint density at radius 2 is 1.93 bits per heavy atom. The predicted molar refractivity (Wildman–Crippen MR) is 63.8 cm³/mol. The standard InChI is InChI=1S/C9H19N3O2S/c1-12(2)8(13)4-5-10-9(15)11-6-7-14-3/h4-7H2,1-3H3,(H2,10,11,15). The van der Waals surface area contributed by atoms with Gasteiger partial charge in [-0.3, -0.25) is 4.79 Å². The fourth-order valence-electron chi connectivity index (χ4n) is 0.836. The maximum atomic E-state index is 11.2. The van der Waals surface area contributed by atoms with Crippen molar-refractivity contribution in [1.29, 1.82) is 0 Å². The maximum Gasteiger partial charge on any atom is 0.223 e. The molecule has 0 aliphatic heterocycles. The number of hydrogen-bond acceptors (Lipinski definition) is 3. The highest BCUT2D eigenvalue weighted by atomic mass is 32.1. The number of rotatable bonds is 6. The lowest BCUT2D eigenvalue weighted by atomic mass is 10.4. The van der Waals surface area contributed by atoms with E-state index >= 15 is 0 Å². The Balaban J connectivity index is 3.42. The Labute approximate surface area is 96.2 Å². The van der Waals surface area contributed by atoms with Gasteiger partial charge in [-0.05, 0) is 12.2 Å². The smallest absolute Gasteiger partial charge is 0.223 e. The quantitative estimate of drug-likeness (QED) is 0.482. The Hall–Kier alpha value is -0.880.